The molecule has 1 aliphatic carbocycles. The third kappa shape index (κ3) is 5.21. The van der Waals surface area contributed by atoms with Gasteiger partial charge in [-0.05, 0) is 50.9 Å². The second-order valence-electron chi connectivity index (χ2n) is 9.07. The molecule has 170 valence electrons. The molecule has 2 aliphatic rings. The Morgan fingerprint density at radius 2 is 1.90 bits per heavy atom. The maximum atomic E-state index is 13.8. The van der Waals surface area contributed by atoms with Gasteiger partial charge < -0.3 is 19.9 Å². The molecule has 5 nitrogen and oxygen atoms in total. The number of aliphatic hydroxyl groups is 1. The molecular weight excluding hydrogens is 424 g/mol. The van der Waals surface area contributed by atoms with Crippen molar-refractivity contribution < 1.29 is 18.7 Å². The summed E-state index contributed by atoms with van der Waals surface area (Å²) < 4.78 is 29.5. The highest BCUT2D eigenvalue weighted by atomic mass is 35.5. The molecule has 1 aliphatic heterocycles. The number of benzene rings is 1. The first-order valence-corrected chi connectivity index (χ1v) is 11.5. The first-order valence-electron chi connectivity index (χ1n) is 11.1. The molecule has 0 spiro atoms. The summed E-state index contributed by atoms with van der Waals surface area (Å²) in [4.78, 5) is 15.4. The van der Waals surface area contributed by atoms with E-state index < -0.39 is 23.9 Å². The normalized spacial score (nSPS) is 24.4. The standard InChI is InChI=1S/C23H30ClF2N3O2/c24-18-6-4-7-19-20(18)17(14-29(19)13-12-28-10-2-1-3-11-28)21(30)27-16-22(31)8-5-9-23(25,26)15-22/h4,6-7,14,31H,1-3,5,8-13,15-16H2,(H,27,30). The van der Waals surface area contributed by atoms with E-state index in [0.29, 0.717) is 16.0 Å². The average molecular weight is 454 g/mol. The number of carbonyl (C=O) groups excluding carboxylic acids is 1. The van der Waals surface area contributed by atoms with E-state index in [2.05, 4.69) is 10.2 Å². The topological polar surface area (TPSA) is 57.5 Å². The number of amides is 1. The van der Waals surface area contributed by atoms with Crippen LogP contribution in [0.15, 0.2) is 24.4 Å². The Hall–Kier alpha value is -1.70. The van der Waals surface area contributed by atoms with Crippen molar-refractivity contribution in [2.45, 2.75) is 63.0 Å². The number of aromatic nitrogens is 1. The molecule has 1 unspecified atom stereocenters. The summed E-state index contributed by atoms with van der Waals surface area (Å²) in [6.07, 6.45) is 5.14. The maximum absolute atomic E-state index is 13.8. The van der Waals surface area contributed by atoms with Gasteiger partial charge in [0.25, 0.3) is 11.8 Å². The summed E-state index contributed by atoms with van der Waals surface area (Å²) in [7, 11) is 0. The molecule has 2 heterocycles. The quantitative estimate of drug-likeness (QED) is 0.679. The van der Waals surface area contributed by atoms with Crippen molar-refractivity contribution >= 4 is 28.4 Å². The molecule has 1 saturated heterocycles. The number of fused-ring (bicyclic) bond motifs is 1. The van der Waals surface area contributed by atoms with Gasteiger partial charge in [-0.3, -0.25) is 4.79 Å². The van der Waals surface area contributed by atoms with Crippen LogP contribution in [0.5, 0.6) is 0 Å². The fraction of sp³-hybridized carbons (Fsp3) is 0.609. The highest BCUT2D eigenvalue weighted by Crippen LogP contribution is 2.39. The number of rotatable bonds is 6. The van der Waals surface area contributed by atoms with Gasteiger partial charge >= 0.3 is 0 Å². The van der Waals surface area contributed by atoms with Gasteiger partial charge in [0.1, 0.15) is 0 Å². The van der Waals surface area contributed by atoms with Crippen LogP contribution in [0, 0.1) is 0 Å². The monoisotopic (exact) mass is 453 g/mol. The van der Waals surface area contributed by atoms with Gasteiger partial charge in [-0.15, -0.1) is 0 Å². The molecular formula is C23H30ClF2N3O2. The lowest BCUT2D eigenvalue weighted by Crippen LogP contribution is -2.49. The summed E-state index contributed by atoms with van der Waals surface area (Å²) in [6.45, 7) is 3.62. The molecule has 2 N–H and O–H groups in total. The Morgan fingerprint density at radius 1 is 1.13 bits per heavy atom. The lowest BCUT2D eigenvalue weighted by molar-refractivity contribution is -0.121. The summed E-state index contributed by atoms with van der Waals surface area (Å²) in [5.74, 6) is -3.30. The number of nitrogens with zero attached hydrogens (tertiary/aromatic N) is 2. The molecule has 0 radical (unpaired) electrons. The molecule has 1 amide bonds. The Labute approximate surface area is 186 Å². The van der Waals surface area contributed by atoms with E-state index in [0.717, 1.165) is 31.7 Å². The van der Waals surface area contributed by atoms with E-state index in [1.165, 1.54) is 19.3 Å². The van der Waals surface area contributed by atoms with Crippen LogP contribution >= 0.6 is 11.6 Å². The van der Waals surface area contributed by atoms with Gasteiger partial charge in [0, 0.05) is 44.1 Å². The van der Waals surface area contributed by atoms with Crippen molar-refractivity contribution in [3.63, 3.8) is 0 Å². The van der Waals surface area contributed by atoms with Crippen molar-refractivity contribution in [3.8, 4) is 0 Å². The van der Waals surface area contributed by atoms with E-state index >= 15 is 0 Å². The summed E-state index contributed by atoms with van der Waals surface area (Å²) in [5.41, 5.74) is -0.309. The van der Waals surface area contributed by atoms with E-state index in [1.807, 2.05) is 16.7 Å². The Morgan fingerprint density at radius 3 is 2.65 bits per heavy atom. The van der Waals surface area contributed by atoms with Gasteiger partial charge in [0.05, 0.1) is 21.7 Å². The number of alkyl halides is 2. The van der Waals surface area contributed by atoms with Crippen molar-refractivity contribution in [3.05, 3.63) is 35.0 Å². The van der Waals surface area contributed by atoms with E-state index in [1.54, 1.807) is 12.3 Å². The first kappa shape index (κ1) is 22.5. The van der Waals surface area contributed by atoms with Crippen LogP contribution in [0.3, 0.4) is 0 Å². The SMILES string of the molecule is O=C(NCC1(O)CCCC(F)(F)C1)c1cn(CCN2CCCCC2)c2cccc(Cl)c12. The minimum atomic E-state index is -2.90. The number of hydrogen-bond donors (Lipinski definition) is 2. The van der Waals surface area contributed by atoms with E-state index in [9.17, 15) is 18.7 Å². The summed E-state index contributed by atoms with van der Waals surface area (Å²) in [5, 5.41) is 14.4. The Balaban J connectivity index is 1.50. The van der Waals surface area contributed by atoms with Crippen LogP contribution < -0.4 is 5.32 Å². The molecule has 0 bridgehead atoms. The first-order chi connectivity index (χ1) is 14.8. The molecule has 1 saturated carbocycles. The van der Waals surface area contributed by atoms with Crippen molar-refractivity contribution in [2.75, 3.05) is 26.2 Å². The second kappa shape index (κ2) is 9.04. The number of likely N-dealkylation sites (tertiary alicyclic amines) is 1. The van der Waals surface area contributed by atoms with Gasteiger partial charge in [-0.25, -0.2) is 8.78 Å². The Kier molecular flexibility index (Phi) is 6.56. The molecule has 1 atom stereocenters. The fourth-order valence-corrected chi connectivity index (χ4v) is 5.19. The number of nitrogens with one attached hydrogen (secondary N) is 1. The number of carbonyl (C=O) groups is 1. The zero-order valence-electron chi connectivity index (χ0n) is 17.7. The predicted molar refractivity (Wildman–Crippen MR) is 118 cm³/mol. The number of halogens is 3. The van der Waals surface area contributed by atoms with E-state index in [4.69, 9.17) is 11.6 Å². The van der Waals surface area contributed by atoms with Crippen LogP contribution in [-0.4, -0.2) is 58.2 Å². The number of hydrogen-bond acceptors (Lipinski definition) is 3. The van der Waals surface area contributed by atoms with Gasteiger partial charge in [-0.1, -0.05) is 24.1 Å². The lowest BCUT2D eigenvalue weighted by Gasteiger charge is -2.36. The third-order valence-corrected chi connectivity index (χ3v) is 6.87. The molecule has 8 heteroatoms. The molecule has 31 heavy (non-hydrogen) atoms. The highest BCUT2D eigenvalue weighted by Gasteiger charge is 2.44. The van der Waals surface area contributed by atoms with Crippen molar-refractivity contribution in [1.82, 2.24) is 14.8 Å². The molecule has 1 aromatic carbocycles. The predicted octanol–water partition coefficient (Wildman–Crippen LogP) is 4.45. The Bertz CT molecular complexity index is 942. The van der Waals surface area contributed by atoms with Crippen LogP contribution in [-0.2, 0) is 6.54 Å². The summed E-state index contributed by atoms with van der Waals surface area (Å²) >= 11 is 6.43. The van der Waals surface area contributed by atoms with Gasteiger partial charge in [0.15, 0.2) is 0 Å². The zero-order chi connectivity index (χ0) is 22.1. The van der Waals surface area contributed by atoms with Crippen molar-refractivity contribution in [2.24, 2.45) is 0 Å². The molecule has 1 aromatic heterocycles. The van der Waals surface area contributed by atoms with Gasteiger partial charge in [-0.2, -0.15) is 0 Å². The summed E-state index contributed by atoms with van der Waals surface area (Å²) in [6, 6.07) is 5.53. The van der Waals surface area contributed by atoms with Crippen LogP contribution in [0.25, 0.3) is 10.9 Å². The average Bonchev–Trinajstić information content (AvgIpc) is 3.11. The highest BCUT2D eigenvalue weighted by molar-refractivity contribution is 6.36. The van der Waals surface area contributed by atoms with Crippen LogP contribution in [0.2, 0.25) is 5.02 Å². The largest absolute Gasteiger partial charge is 0.388 e. The fourth-order valence-electron chi connectivity index (χ4n) is 4.92. The van der Waals surface area contributed by atoms with Crippen molar-refractivity contribution in [1.29, 1.82) is 0 Å². The minimum absolute atomic E-state index is 0.202. The zero-order valence-corrected chi connectivity index (χ0v) is 18.4. The maximum Gasteiger partial charge on any atom is 0.253 e. The minimum Gasteiger partial charge on any atom is -0.388 e. The number of piperidine rings is 1. The smallest absolute Gasteiger partial charge is 0.253 e. The van der Waals surface area contributed by atoms with Crippen LogP contribution in [0.1, 0.15) is 55.3 Å². The second-order valence-corrected chi connectivity index (χ2v) is 9.47. The lowest BCUT2D eigenvalue weighted by atomic mass is 9.82. The van der Waals surface area contributed by atoms with E-state index in [-0.39, 0.29) is 25.8 Å². The van der Waals surface area contributed by atoms with Gasteiger partial charge in [0.2, 0.25) is 0 Å². The van der Waals surface area contributed by atoms with Crippen LogP contribution in [0.4, 0.5) is 8.78 Å². The molecule has 2 fully saturated rings. The molecule has 4 rings (SSSR count). The molecule has 2 aromatic rings. The third-order valence-electron chi connectivity index (χ3n) is 6.56.